The van der Waals surface area contributed by atoms with Crippen LogP contribution in [0.1, 0.15) is 18.1 Å². The summed E-state index contributed by atoms with van der Waals surface area (Å²) in [5.74, 6) is 0. The molecule has 0 saturated heterocycles. The molecule has 0 aliphatic heterocycles. The van der Waals surface area contributed by atoms with Gasteiger partial charge in [0.25, 0.3) is 0 Å². The standard InChI is InChI=1S/C9H11I/c1-3-8-4-7(2)5-9(10)6-8/h4-6H,3H2,1-2H3. The summed E-state index contributed by atoms with van der Waals surface area (Å²) in [6, 6.07) is 6.66. The van der Waals surface area contributed by atoms with Crippen LogP contribution < -0.4 is 0 Å². The fourth-order valence-corrected chi connectivity index (χ4v) is 1.91. The van der Waals surface area contributed by atoms with Gasteiger partial charge in [0.1, 0.15) is 0 Å². The van der Waals surface area contributed by atoms with Gasteiger partial charge in [0.2, 0.25) is 0 Å². The minimum atomic E-state index is 1.14. The number of benzene rings is 1. The Hall–Kier alpha value is -0.0500. The van der Waals surface area contributed by atoms with E-state index in [1.54, 1.807) is 0 Å². The van der Waals surface area contributed by atoms with Crippen LogP contribution in [0.25, 0.3) is 0 Å². The summed E-state index contributed by atoms with van der Waals surface area (Å²) in [6.07, 6.45) is 1.14. The Balaban J connectivity index is 3.06. The Labute approximate surface area is 75.8 Å². The minimum Gasteiger partial charge on any atom is -0.0613 e. The number of halogens is 1. The first-order chi connectivity index (χ1) is 4.72. The first-order valence-electron chi connectivity index (χ1n) is 3.48. The van der Waals surface area contributed by atoms with Crippen molar-refractivity contribution in [3.8, 4) is 0 Å². The van der Waals surface area contributed by atoms with Gasteiger partial charge < -0.3 is 0 Å². The molecular formula is C9H11I. The monoisotopic (exact) mass is 246 g/mol. The van der Waals surface area contributed by atoms with E-state index >= 15 is 0 Å². The van der Waals surface area contributed by atoms with Crippen molar-refractivity contribution in [2.75, 3.05) is 0 Å². The molecule has 1 rings (SSSR count). The fraction of sp³-hybridized carbons (Fsp3) is 0.333. The van der Waals surface area contributed by atoms with Crippen molar-refractivity contribution >= 4 is 22.6 Å². The molecule has 0 atom stereocenters. The predicted molar refractivity (Wildman–Crippen MR) is 53.3 cm³/mol. The van der Waals surface area contributed by atoms with Crippen LogP contribution in [-0.2, 0) is 6.42 Å². The summed E-state index contributed by atoms with van der Waals surface area (Å²) in [5.41, 5.74) is 2.80. The Morgan fingerprint density at radius 2 is 2.00 bits per heavy atom. The maximum atomic E-state index is 2.35. The summed E-state index contributed by atoms with van der Waals surface area (Å²) in [6.45, 7) is 4.33. The summed E-state index contributed by atoms with van der Waals surface area (Å²) in [7, 11) is 0. The van der Waals surface area contributed by atoms with E-state index in [9.17, 15) is 0 Å². The normalized spacial score (nSPS) is 9.90. The van der Waals surface area contributed by atoms with Gasteiger partial charge in [0.15, 0.2) is 0 Å². The molecule has 0 amide bonds. The maximum absolute atomic E-state index is 2.35. The summed E-state index contributed by atoms with van der Waals surface area (Å²) >= 11 is 2.35. The molecule has 1 heteroatoms. The molecule has 0 aliphatic rings. The Bertz CT molecular complexity index is 208. The molecule has 0 bridgehead atoms. The highest BCUT2D eigenvalue weighted by atomic mass is 127. The number of hydrogen-bond donors (Lipinski definition) is 0. The third kappa shape index (κ3) is 1.97. The van der Waals surface area contributed by atoms with Crippen LogP contribution in [-0.4, -0.2) is 0 Å². The molecule has 0 nitrogen and oxygen atoms in total. The van der Waals surface area contributed by atoms with Crippen LogP contribution in [0.3, 0.4) is 0 Å². The molecule has 1 aromatic carbocycles. The van der Waals surface area contributed by atoms with Gasteiger partial charge >= 0.3 is 0 Å². The van der Waals surface area contributed by atoms with E-state index in [2.05, 4.69) is 54.6 Å². The summed E-state index contributed by atoms with van der Waals surface area (Å²) < 4.78 is 1.34. The van der Waals surface area contributed by atoms with Crippen molar-refractivity contribution in [3.63, 3.8) is 0 Å². The first-order valence-corrected chi connectivity index (χ1v) is 4.56. The van der Waals surface area contributed by atoms with Crippen molar-refractivity contribution in [2.45, 2.75) is 20.3 Å². The van der Waals surface area contributed by atoms with Crippen molar-refractivity contribution < 1.29 is 0 Å². The van der Waals surface area contributed by atoms with E-state index in [-0.39, 0.29) is 0 Å². The second kappa shape index (κ2) is 3.37. The molecule has 0 spiro atoms. The van der Waals surface area contributed by atoms with Crippen molar-refractivity contribution in [1.29, 1.82) is 0 Å². The van der Waals surface area contributed by atoms with Crippen molar-refractivity contribution in [3.05, 3.63) is 32.9 Å². The average Bonchev–Trinajstić information content (AvgIpc) is 1.85. The molecule has 0 unspecified atom stereocenters. The predicted octanol–water partition coefficient (Wildman–Crippen LogP) is 3.16. The molecule has 0 saturated carbocycles. The van der Waals surface area contributed by atoms with Gasteiger partial charge in [0.05, 0.1) is 0 Å². The molecule has 54 valence electrons. The zero-order chi connectivity index (χ0) is 7.56. The highest BCUT2D eigenvalue weighted by Gasteiger charge is 1.92. The fourth-order valence-electron chi connectivity index (χ4n) is 1.02. The van der Waals surface area contributed by atoms with Crippen LogP contribution in [0.15, 0.2) is 18.2 Å². The molecular weight excluding hydrogens is 235 g/mol. The lowest BCUT2D eigenvalue weighted by Crippen LogP contribution is -1.83. The Morgan fingerprint density at radius 1 is 1.30 bits per heavy atom. The number of aryl methyl sites for hydroxylation is 2. The first kappa shape index (κ1) is 8.05. The van der Waals surface area contributed by atoms with Gasteiger partial charge in [-0.2, -0.15) is 0 Å². The van der Waals surface area contributed by atoms with Gasteiger partial charge in [-0.3, -0.25) is 0 Å². The third-order valence-corrected chi connectivity index (χ3v) is 2.13. The lowest BCUT2D eigenvalue weighted by atomic mass is 10.1. The molecule has 0 aromatic heterocycles. The quantitative estimate of drug-likeness (QED) is 0.667. The van der Waals surface area contributed by atoms with E-state index in [4.69, 9.17) is 0 Å². The van der Waals surface area contributed by atoms with Crippen molar-refractivity contribution in [1.82, 2.24) is 0 Å². The molecule has 10 heavy (non-hydrogen) atoms. The second-order valence-electron chi connectivity index (χ2n) is 2.49. The Morgan fingerprint density at radius 3 is 2.50 bits per heavy atom. The smallest absolute Gasteiger partial charge is 0.0135 e. The molecule has 0 fully saturated rings. The third-order valence-electron chi connectivity index (χ3n) is 1.51. The van der Waals surface area contributed by atoms with Crippen LogP contribution in [0.4, 0.5) is 0 Å². The van der Waals surface area contributed by atoms with Gasteiger partial charge in [-0.15, -0.1) is 0 Å². The zero-order valence-corrected chi connectivity index (χ0v) is 8.47. The van der Waals surface area contributed by atoms with Crippen LogP contribution in [0.2, 0.25) is 0 Å². The van der Waals surface area contributed by atoms with Gasteiger partial charge in [0, 0.05) is 3.57 Å². The topological polar surface area (TPSA) is 0 Å². The average molecular weight is 246 g/mol. The lowest BCUT2D eigenvalue weighted by Gasteiger charge is -1.99. The maximum Gasteiger partial charge on any atom is 0.0135 e. The molecule has 0 radical (unpaired) electrons. The molecule has 0 heterocycles. The van der Waals surface area contributed by atoms with Crippen molar-refractivity contribution in [2.24, 2.45) is 0 Å². The van der Waals surface area contributed by atoms with E-state index in [0.29, 0.717) is 0 Å². The van der Waals surface area contributed by atoms with Gasteiger partial charge in [-0.1, -0.05) is 13.0 Å². The second-order valence-corrected chi connectivity index (χ2v) is 3.74. The Kier molecular flexibility index (Phi) is 2.72. The SMILES string of the molecule is CCc1cc(C)cc(I)c1. The minimum absolute atomic E-state index is 1.14. The summed E-state index contributed by atoms with van der Waals surface area (Å²) in [4.78, 5) is 0. The lowest BCUT2D eigenvalue weighted by molar-refractivity contribution is 1.13. The van der Waals surface area contributed by atoms with E-state index in [1.165, 1.54) is 14.7 Å². The largest absolute Gasteiger partial charge is 0.0613 e. The van der Waals surface area contributed by atoms with E-state index in [0.717, 1.165) is 6.42 Å². The molecule has 0 N–H and O–H groups in total. The molecule has 1 aromatic rings. The van der Waals surface area contributed by atoms with Crippen LogP contribution in [0.5, 0.6) is 0 Å². The zero-order valence-electron chi connectivity index (χ0n) is 6.32. The summed E-state index contributed by atoms with van der Waals surface area (Å²) in [5, 5.41) is 0. The van der Waals surface area contributed by atoms with Crippen LogP contribution >= 0.6 is 22.6 Å². The highest BCUT2D eigenvalue weighted by molar-refractivity contribution is 14.1. The molecule has 0 aliphatic carbocycles. The van der Waals surface area contributed by atoms with Gasteiger partial charge in [-0.25, -0.2) is 0 Å². The van der Waals surface area contributed by atoms with Crippen LogP contribution in [0, 0.1) is 10.5 Å². The highest BCUT2D eigenvalue weighted by Crippen LogP contribution is 2.11. The van der Waals surface area contributed by atoms with E-state index < -0.39 is 0 Å². The van der Waals surface area contributed by atoms with Gasteiger partial charge in [-0.05, 0) is 59.2 Å². The number of hydrogen-bond acceptors (Lipinski definition) is 0. The number of rotatable bonds is 1. The van der Waals surface area contributed by atoms with E-state index in [1.807, 2.05) is 0 Å².